The van der Waals surface area contributed by atoms with E-state index in [1.165, 1.54) is 6.08 Å². The molecule has 6 heteroatoms. The molecule has 1 aromatic carbocycles. The number of rotatable bonds is 4. The van der Waals surface area contributed by atoms with Gasteiger partial charge in [-0.3, -0.25) is 14.6 Å². The summed E-state index contributed by atoms with van der Waals surface area (Å²) in [5, 5.41) is 3.00. The summed E-state index contributed by atoms with van der Waals surface area (Å²) in [4.78, 5) is 35.3. The van der Waals surface area contributed by atoms with Crippen molar-refractivity contribution in [2.45, 2.75) is 37.8 Å². The van der Waals surface area contributed by atoms with Crippen molar-refractivity contribution in [3.05, 3.63) is 42.2 Å². The molecule has 128 valence electrons. The number of carbonyl (C=O) groups is 2. The molecule has 1 aromatic heterocycles. The third-order valence-corrected chi connectivity index (χ3v) is 4.63. The number of amides is 2. The Morgan fingerprint density at radius 3 is 2.76 bits per heavy atom. The van der Waals surface area contributed by atoms with Crippen molar-refractivity contribution in [3.63, 3.8) is 0 Å². The van der Waals surface area contributed by atoms with Crippen molar-refractivity contribution in [1.29, 1.82) is 0 Å². The average Bonchev–Trinajstić information content (AvgIpc) is 3.30. The van der Waals surface area contributed by atoms with Gasteiger partial charge < -0.3 is 10.2 Å². The van der Waals surface area contributed by atoms with E-state index in [-0.39, 0.29) is 17.9 Å². The van der Waals surface area contributed by atoms with E-state index in [0.29, 0.717) is 18.3 Å². The van der Waals surface area contributed by atoms with Gasteiger partial charge in [0.2, 0.25) is 11.8 Å². The second-order valence-electron chi connectivity index (χ2n) is 6.59. The molecule has 2 aliphatic rings. The van der Waals surface area contributed by atoms with Gasteiger partial charge in [0, 0.05) is 18.7 Å². The maximum absolute atomic E-state index is 12.5. The maximum Gasteiger partial charge on any atom is 0.247 e. The first-order valence-corrected chi connectivity index (χ1v) is 8.71. The largest absolute Gasteiger partial charge is 0.352 e. The van der Waals surface area contributed by atoms with Crippen LogP contribution in [0.5, 0.6) is 0 Å². The van der Waals surface area contributed by atoms with Gasteiger partial charge in [-0.15, -0.1) is 0 Å². The van der Waals surface area contributed by atoms with E-state index < -0.39 is 0 Å². The van der Waals surface area contributed by atoms with Gasteiger partial charge in [-0.25, -0.2) is 4.98 Å². The molecule has 2 fully saturated rings. The van der Waals surface area contributed by atoms with Crippen LogP contribution < -0.4 is 5.32 Å². The molecule has 1 unspecified atom stereocenters. The molecule has 2 aromatic rings. The number of likely N-dealkylation sites (tertiary alicyclic amines) is 1. The normalized spacial score (nSPS) is 20.3. The summed E-state index contributed by atoms with van der Waals surface area (Å²) in [5.41, 5.74) is 2.24. The average molecular weight is 336 g/mol. The molecule has 0 radical (unpaired) electrons. The lowest BCUT2D eigenvalue weighted by atomic mass is 10.2. The molecule has 1 aliphatic carbocycles. The zero-order chi connectivity index (χ0) is 17.2. The quantitative estimate of drug-likeness (QED) is 0.866. The Hall–Kier alpha value is -2.76. The molecule has 2 heterocycles. The van der Waals surface area contributed by atoms with Gasteiger partial charge in [-0.1, -0.05) is 12.1 Å². The molecular formula is C19H20N4O2. The standard InChI is InChI=1S/C19H20N4O2/c24-18(23-11-3-6-17(23)19(25)22-13-7-8-13)10-9-14-12-20-15-4-1-2-5-16(15)21-14/h1-2,4-5,9-10,12-13,17H,3,6-8,11H2,(H,22,25). The van der Waals surface area contributed by atoms with Crippen molar-refractivity contribution in [2.24, 2.45) is 0 Å². The SMILES string of the molecule is O=C(NC1CC1)C1CCCN1C(=O)C=Cc1cnc2ccccc2n1. The van der Waals surface area contributed by atoms with Gasteiger partial charge in [0.1, 0.15) is 6.04 Å². The number of carbonyl (C=O) groups excluding carboxylic acids is 2. The van der Waals surface area contributed by atoms with Crippen molar-refractivity contribution >= 4 is 28.9 Å². The van der Waals surface area contributed by atoms with Crippen LogP contribution in [0.2, 0.25) is 0 Å². The lowest BCUT2D eigenvalue weighted by molar-refractivity contribution is -0.135. The summed E-state index contributed by atoms with van der Waals surface area (Å²) in [6.45, 7) is 0.620. The first-order valence-electron chi connectivity index (χ1n) is 8.71. The molecule has 1 N–H and O–H groups in total. The Balaban J connectivity index is 1.45. The minimum Gasteiger partial charge on any atom is -0.352 e. The van der Waals surface area contributed by atoms with Gasteiger partial charge in [0.05, 0.1) is 22.9 Å². The smallest absolute Gasteiger partial charge is 0.247 e. The number of hydrogen-bond donors (Lipinski definition) is 1. The Kier molecular flexibility index (Phi) is 4.17. The minimum atomic E-state index is -0.347. The van der Waals surface area contributed by atoms with Crippen molar-refractivity contribution < 1.29 is 9.59 Å². The van der Waals surface area contributed by atoms with E-state index in [2.05, 4.69) is 15.3 Å². The summed E-state index contributed by atoms with van der Waals surface area (Å²) in [6, 6.07) is 7.57. The van der Waals surface area contributed by atoms with Gasteiger partial charge >= 0.3 is 0 Å². The van der Waals surface area contributed by atoms with E-state index in [1.54, 1.807) is 17.2 Å². The molecule has 1 saturated heterocycles. The number of nitrogens with one attached hydrogen (secondary N) is 1. The lowest BCUT2D eigenvalue weighted by Gasteiger charge is -2.22. The molecular weight excluding hydrogens is 316 g/mol. The summed E-state index contributed by atoms with van der Waals surface area (Å²) in [6.07, 6.45) is 8.48. The number of nitrogens with zero attached hydrogens (tertiary/aromatic N) is 3. The van der Waals surface area contributed by atoms with E-state index in [9.17, 15) is 9.59 Å². The molecule has 25 heavy (non-hydrogen) atoms. The fraction of sp³-hybridized carbons (Fsp3) is 0.368. The Bertz CT molecular complexity index is 844. The molecule has 4 rings (SSSR count). The van der Waals surface area contributed by atoms with Crippen LogP contribution in [0, 0.1) is 0 Å². The fourth-order valence-electron chi connectivity index (χ4n) is 3.13. The zero-order valence-corrected chi connectivity index (χ0v) is 13.9. The van der Waals surface area contributed by atoms with Crippen LogP contribution in [0.25, 0.3) is 17.1 Å². The number of aromatic nitrogens is 2. The van der Waals surface area contributed by atoms with Gasteiger partial charge in [0.15, 0.2) is 0 Å². The second-order valence-corrected chi connectivity index (χ2v) is 6.59. The number of benzene rings is 1. The lowest BCUT2D eigenvalue weighted by Crippen LogP contribution is -2.46. The Morgan fingerprint density at radius 2 is 1.96 bits per heavy atom. The van der Waals surface area contributed by atoms with E-state index in [1.807, 2.05) is 24.3 Å². The van der Waals surface area contributed by atoms with Crippen LogP contribution in [0.1, 0.15) is 31.4 Å². The van der Waals surface area contributed by atoms with Gasteiger partial charge in [-0.05, 0) is 43.9 Å². The maximum atomic E-state index is 12.5. The summed E-state index contributed by atoms with van der Waals surface area (Å²) in [7, 11) is 0. The van der Waals surface area contributed by atoms with Crippen molar-refractivity contribution in [1.82, 2.24) is 20.2 Å². The Morgan fingerprint density at radius 1 is 1.16 bits per heavy atom. The van der Waals surface area contributed by atoms with Crippen molar-refractivity contribution in [2.75, 3.05) is 6.54 Å². The van der Waals surface area contributed by atoms with E-state index in [4.69, 9.17) is 0 Å². The fourth-order valence-corrected chi connectivity index (χ4v) is 3.13. The minimum absolute atomic E-state index is 0.0211. The van der Waals surface area contributed by atoms with Crippen LogP contribution in [0.15, 0.2) is 36.5 Å². The van der Waals surface area contributed by atoms with Crippen molar-refractivity contribution in [3.8, 4) is 0 Å². The van der Waals surface area contributed by atoms with Gasteiger partial charge in [0.25, 0.3) is 0 Å². The monoisotopic (exact) mass is 336 g/mol. The van der Waals surface area contributed by atoms with Crippen LogP contribution in [0.4, 0.5) is 0 Å². The summed E-state index contributed by atoms with van der Waals surface area (Å²) < 4.78 is 0. The topological polar surface area (TPSA) is 75.2 Å². The van der Waals surface area contributed by atoms with E-state index >= 15 is 0 Å². The number of para-hydroxylation sites is 2. The molecule has 1 atom stereocenters. The molecule has 1 saturated carbocycles. The Labute approximate surface area is 145 Å². The highest BCUT2D eigenvalue weighted by Crippen LogP contribution is 2.22. The predicted octanol–water partition coefficient (Wildman–Crippen LogP) is 1.91. The first-order chi connectivity index (χ1) is 12.2. The van der Waals surface area contributed by atoms with Crippen LogP contribution >= 0.6 is 0 Å². The highest BCUT2D eigenvalue weighted by molar-refractivity contribution is 5.96. The van der Waals surface area contributed by atoms with Crippen LogP contribution in [0.3, 0.4) is 0 Å². The first kappa shape index (κ1) is 15.7. The van der Waals surface area contributed by atoms with Gasteiger partial charge in [-0.2, -0.15) is 0 Å². The molecule has 0 bridgehead atoms. The highest BCUT2D eigenvalue weighted by atomic mass is 16.2. The van der Waals surface area contributed by atoms with E-state index in [0.717, 1.165) is 36.7 Å². The third-order valence-electron chi connectivity index (χ3n) is 4.63. The number of hydrogen-bond acceptors (Lipinski definition) is 4. The second kappa shape index (κ2) is 6.63. The third kappa shape index (κ3) is 3.52. The predicted molar refractivity (Wildman–Crippen MR) is 94.5 cm³/mol. The summed E-state index contributed by atoms with van der Waals surface area (Å²) in [5.74, 6) is -0.171. The summed E-state index contributed by atoms with van der Waals surface area (Å²) >= 11 is 0. The molecule has 1 aliphatic heterocycles. The molecule has 0 spiro atoms. The highest BCUT2D eigenvalue weighted by Gasteiger charge is 2.35. The van der Waals surface area contributed by atoms with Crippen LogP contribution in [-0.2, 0) is 9.59 Å². The zero-order valence-electron chi connectivity index (χ0n) is 13.9. The number of fused-ring (bicyclic) bond motifs is 1. The molecule has 6 nitrogen and oxygen atoms in total. The van der Waals surface area contributed by atoms with Crippen LogP contribution in [-0.4, -0.2) is 45.3 Å². The molecule has 2 amide bonds.